The predicted molar refractivity (Wildman–Crippen MR) is 114 cm³/mol. The average molecular weight is 456 g/mol. The van der Waals surface area contributed by atoms with Crippen molar-refractivity contribution in [2.24, 2.45) is 0 Å². The molecule has 0 saturated heterocycles. The Bertz CT molecular complexity index is 1100. The number of hydrogen-bond acceptors (Lipinski definition) is 7. The molecule has 0 aliphatic carbocycles. The van der Waals surface area contributed by atoms with Crippen molar-refractivity contribution >= 4 is 31.4 Å². The van der Waals surface area contributed by atoms with Crippen LogP contribution in [0, 0.1) is 6.92 Å². The van der Waals surface area contributed by atoms with E-state index in [1.54, 1.807) is 6.92 Å². The lowest BCUT2D eigenvalue weighted by molar-refractivity contribution is 0.241. The highest BCUT2D eigenvalue weighted by Crippen LogP contribution is 2.27. The molecule has 0 aliphatic rings. The molecule has 0 aliphatic heterocycles. The molecule has 11 heteroatoms. The number of benzene rings is 2. The van der Waals surface area contributed by atoms with Crippen LogP contribution in [0.2, 0.25) is 0 Å². The molecular formula is C19H25N3O6S2. The first-order valence-electron chi connectivity index (χ1n) is 9.01. The second kappa shape index (κ2) is 9.81. The zero-order valence-electron chi connectivity index (χ0n) is 16.9. The van der Waals surface area contributed by atoms with E-state index in [2.05, 4.69) is 16.2 Å². The first-order chi connectivity index (χ1) is 14.0. The van der Waals surface area contributed by atoms with E-state index in [0.717, 1.165) is 18.3 Å². The van der Waals surface area contributed by atoms with Gasteiger partial charge in [-0.15, -0.1) is 0 Å². The zero-order chi connectivity index (χ0) is 22.4. The van der Waals surface area contributed by atoms with Gasteiger partial charge < -0.3 is 10.1 Å². The number of hydrogen-bond donors (Lipinski definition) is 3. The third-order valence-electron chi connectivity index (χ3n) is 4.02. The van der Waals surface area contributed by atoms with Gasteiger partial charge in [0.05, 0.1) is 22.1 Å². The Labute approximate surface area is 176 Å². The Hall–Kier alpha value is -2.79. The van der Waals surface area contributed by atoms with Crippen LogP contribution in [-0.4, -0.2) is 48.5 Å². The Morgan fingerprint density at radius 2 is 1.57 bits per heavy atom. The maximum absolute atomic E-state index is 12.0. The van der Waals surface area contributed by atoms with Gasteiger partial charge in [0, 0.05) is 19.1 Å². The van der Waals surface area contributed by atoms with Gasteiger partial charge in [0.2, 0.25) is 0 Å². The number of amides is 2. The van der Waals surface area contributed by atoms with E-state index < -0.39 is 25.7 Å². The second-order valence-electron chi connectivity index (χ2n) is 6.68. The number of anilines is 1. The number of para-hydroxylation sites is 1. The molecule has 2 amide bonds. The van der Waals surface area contributed by atoms with Crippen LogP contribution in [-0.2, 0) is 19.7 Å². The van der Waals surface area contributed by atoms with E-state index in [0.29, 0.717) is 25.1 Å². The van der Waals surface area contributed by atoms with Gasteiger partial charge in [-0.25, -0.2) is 21.6 Å². The molecule has 0 radical (unpaired) electrons. The van der Waals surface area contributed by atoms with Crippen LogP contribution in [0.15, 0.2) is 52.3 Å². The minimum atomic E-state index is -3.80. The Morgan fingerprint density at radius 1 is 0.967 bits per heavy atom. The van der Waals surface area contributed by atoms with Crippen LogP contribution in [0.5, 0.6) is 5.75 Å². The minimum Gasteiger partial charge on any atom is -0.494 e. The molecule has 0 unspecified atom stereocenters. The average Bonchev–Trinajstić information content (AvgIpc) is 2.65. The summed E-state index contributed by atoms with van der Waals surface area (Å²) >= 11 is 0. The van der Waals surface area contributed by atoms with E-state index in [1.807, 2.05) is 30.3 Å². The van der Waals surface area contributed by atoms with Crippen molar-refractivity contribution < 1.29 is 26.4 Å². The summed E-state index contributed by atoms with van der Waals surface area (Å²) in [5, 5.41) is 2.63. The van der Waals surface area contributed by atoms with Crippen molar-refractivity contribution in [3.05, 3.63) is 48.0 Å². The SMILES string of the molecule is Cc1cc(S(C)(=O)=O)c(S(C)(=O)=O)cc1NNC(=O)NCCCOc1ccccc1. The molecule has 0 spiro atoms. The van der Waals surface area contributed by atoms with Gasteiger partial charge in [-0.1, -0.05) is 18.2 Å². The number of ether oxygens (including phenoxy) is 1. The number of aryl methyl sites for hydroxylation is 1. The quantitative estimate of drug-likeness (QED) is 0.389. The number of urea groups is 1. The first kappa shape index (κ1) is 23.5. The maximum atomic E-state index is 12.0. The van der Waals surface area contributed by atoms with Crippen LogP contribution in [0.4, 0.5) is 10.5 Å². The highest BCUT2D eigenvalue weighted by molar-refractivity contribution is 7.93. The first-order valence-corrected chi connectivity index (χ1v) is 12.8. The Balaban J connectivity index is 1.91. The number of carbonyl (C=O) groups is 1. The number of carbonyl (C=O) groups excluding carboxylic acids is 1. The van der Waals surface area contributed by atoms with Gasteiger partial charge in [0.25, 0.3) is 0 Å². The summed E-state index contributed by atoms with van der Waals surface area (Å²) < 4.78 is 53.4. The van der Waals surface area contributed by atoms with Crippen molar-refractivity contribution in [3.63, 3.8) is 0 Å². The fraction of sp³-hybridized carbons (Fsp3) is 0.316. The normalized spacial score (nSPS) is 11.6. The molecule has 0 saturated carbocycles. The monoisotopic (exact) mass is 455 g/mol. The Kier molecular flexibility index (Phi) is 7.68. The zero-order valence-corrected chi connectivity index (χ0v) is 18.6. The van der Waals surface area contributed by atoms with Gasteiger partial charge in [-0.3, -0.25) is 10.9 Å². The standard InChI is InChI=1S/C19H25N3O6S2/c1-14-12-17(29(2,24)25)18(30(3,26)27)13-16(14)21-22-19(23)20-10-7-11-28-15-8-5-4-6-9-15/h4-6,8-9,12-13,21H,7,10-11H2,1-3H3,(H2,20,22,23). The lowest BCUT2D eigenvalue weighted by Gasteiger charge is -2.15. The lowest BCUT2D eigenvalue weighted by atomic mass is 10.2. The molecule has 0 fully saturated rings. The van der Waals surface area contributed by atoms with Crippen LogP contribution in [0.25, 0.3) is 0 Å². The van der Waals surface area contributed by atoms with Gasteiger partial charge >= 0.3 is 6.03 Å². The van der Waals surface area contributed by atoms with Gasteiger partial charge in [-0.05, 0) is 43.2 Å². The molecule has 164 valence electrons. The highest BCUT2D eigenvalue weighted by atomic mass is 32.2. The Morgan fingerprint density at radius 3 is 2.17 bits per heavy atom. The number of rotatable bonds is 9. The van der Waals surface area contributed by atoms with Crippen molar-refractivity contribution in [1.82, 2.24) is 10.7 Å². The molecule has 0 heterocycles. The third kappa shape index (κ3) is 6.92. The van der Waals surface area contributed by atoms with Gasteiger partial charge in [0.1, 0.15) is 5.75 Å². The molecule has 0 aromatic heterocycles. The summed E-state index contributed by atoms with van der Waals surface area (Å²) in [6.45, 7) is 2.39. The van der Waals surface area contributed by atoms with Crippen molar-refractivity contribution in [2.75, 3.05) is 31.1 Å². The fourth-order valence-electron chi connectivity index (χ4n) is 2.52. The van der Waals surface area contributed by atoms with E-state index >= 15 is 0 Å². The van der Waals surface area contributed by atoms with E-state index in [4.69, 9.17) is 4.74 Å². The maximum Gasteiger partial charge on any atom is 0.333 e. The number of nitrogens with one attached hydrogen (secondary N) is 3. The molecule has 2 aromatic carbocycles. The van der Waals surface area contributed by atoms with Gasteiger partial charge in [-0.2, -0.15) is 0 Å². The summed E-state index contributed by atoms with van der Waals surface area (Å²) in [4.78, 5) is 11.3. The summed E-state index contributed by atoms with van der Waals surface area (Å²) in [7, 11) is -7.54. The van der Waals surface area contributed by atoms with E-state index in [1.165, 1.54) is 12.1 Å². The van der Waals surface area contributed by atoms with Crippen molar-refractivity contribution in [3.8, 4) is 5.75 Å². The third-order valence-corrected chi connectivity index (χ3v) is 6.42. The van der Waals surface area contributed by atoms with Gasteiger partial charge in [0.15, 0.2) is 19.7 Å². The summed E-state index contributed by atoms with van der Waals surface area (Å²) in [5.41, 5.74) is 5.74. The topological polar surface area (TPSA) is 131 Å². The van der Waals surface area contributed by atoms with Crippen LogP contribution < -0.4 is 20.9 Å². The van der Waals surface area contributed by atoms with Crippen LogP contribution >= 0.6 is 0 Å². The lowest BCUT2D eigenvalue weighted by Crippen LogP contribution is -2.39. The number of hydrazine groups is 1. The van der Waals surface area contributed by atoms with Crippen LogP contribution in [0.3, 0.4) is 0 Å². The molecular weight excluding hydrogens is 430 g/mol. The molecule has 2 aromatic rings. The molecule has 30 heavy (non-hydrogen) atoms. The van der Waals surface area contributed by atoms with Crippen molar-refractivity contribution in [1.29, 1.82) is 0 Å². The number of sulfone groups is 2. The molecule has 0 bridgehead atoms. The smallest absolute Gasteiger partial charge is 0.333 e. The fourth-order valence-corrected chi connectivity index (χ4v) is 5.00. The molecule has 0 atom stereocenters. The second-order valence-corrected chi connectivity index (χ2v) is 10.6. The minimum absolute atomic E-state index is 0.269. The molecule has 2 rings (SSSR count). The summed E-state index contributed by atoms with van der Waals surface area (Å²) in [6.07, 6.45) is 2.45. The highest BCUT2D eigenvalue weighted by Gasteiger charge is 2.22. The molecule has 3 N–H and O–H groups in total. The summed E-state index contributed by atoms with van der Waals surface area (Å²) in [5.74, 6) is 0.748. The summed E-state index contributed by atoms with van der Waals surface area (Å²) in [6, 6.07) is 11.2. The molecule has 9 nitrogen and oxygen atoms in total. The van der Waals surface area contributed by atoms with Crippen LogP contribution in [0.1, 0.15) is 12.0 Å². The van der Waals surface area contributed by atoms with E-state index in [-0.39, 0.29) is 15.5 Å². The predicted octanol–water partition coefficient (Wildman–Crippen LogP) is 1.90. The largest absolute Gasteiger partial charge is 0.494 e. The van der Waals surface area contributed by atoms with Crippen molar-refractivity contribution in [2.45, 2.75) is 23.1 Å². The van der Waals surface area contributed by atoms with E-state index in [9.17, 15) is 21.6 Å².